The van der Waals surface area contributed by atoms with E-state index < -0.39 is 11.5 Å². The van der Waals surface area contributed by atoms with E-state index in [2.05, 4.69) is 10.3 Å². The summed E-state index contributed by atoms with van der Waals surface area (Å²) in [6.45, 7) is 0.700. The molecule has 4 rings (SSSR count). The van der Waals surface area contributed by atoms with Gasteiger partial charge < -0.3 is 20.1 Å². The Hall–Kier alpha value is -2.45. The van der Waals surface area contributed by atoms with Gasteiger partial charge in [0.1, 0.15) is 5.56 Å². The van der Waals surface area contributed by atoms with Crippen LogP contribution in [-0.2, 0) is 4.74 Å². The highest BCUT2D eigenvalue weighted by Gasteiger charge is 2.55. The van der Waals surface area contributed by atoms with E-state index in [0.717, 1.165) is 6.42 Å². The third-order valence-corrected chi connectivity index (χ3v) is 5.20. The van der Waals surface area contributed by atoms with Gasteiger partial charge in [-0.05, 0) is 32.6 Å². The molecule has 1 aliphatic carbocycles. The molecule has 1 aliphatic heterocycles. The molecule has 4 atom stereocenters. The van der Waals surface area contributed by atoms with Gasteiger partial charge in [0.2, 0.25) is 0 Å². The SMILES string of the molecule is CN(C)[C@@H]1[C@@H](NC(=O)c2cnc3c(O)cccn3c2=O)[C@H]2CCO[C@H]21. The molecule has 1 saturated heterocycles. The average Bonchev–Trinajstić information content (AvgIpc) is 2.96. The van der Waals surface area contributed by atoms with Crippen molar-refractivity contribution in [3.63, 3.8) is 0 Å². The van der Waals surface area contributed by atoms with Gasteiger partial charge in [-0.15, -0.1) is 0 Å². The number of aromatic nitrogens is 2. The van der Waals surface area contributed by atoms with E-state index in [4.69, 9.17) is 4.74 Å². The zero-order valence-electron chi connectivity index (χ0n) is 14.0. The Kier molecular flexibility index (Phi) is 3.73. The van der Waals surface area contributed by atoms with E-state index in [0.29, 0.717) is 6.61 Å². The molecule has 8 nitrogen and oxygen atoms in total. The van der Waals surface area contributed by atoms with Crippen LogP contribution in [-0.4, -0.2) is 64.2 Å². The maximum absolute atomic E-state index is 12.7. The number of hydrogen-bond donors (Lipinski definition) is 2. The van der Waals surface area contributed by atoms with Crippen LogP contribution in [0.25, 0.3) is 5.65 Å². The first-order valence-electron chi connectivity index (χ1n) is 8.27. The molecular formula is C17H20N4O4. The lowest BCUT2D eigenvalue weighted by Crippen LogP contribution is -2.69. The summed E-state index contributed by atoms with van der Waals surface area (Å²) in [5, 5.41) is 12.8. The fourth-order valence-electron chi connectivity index (χ4n) is 3.96. The largest absolute Gasteiger partial charge is 0.504 e. The number of aromatic hydroxyl groups is 1. The highest BCUT2D eigenvalue weighted by atomic mass is 16.5. The van der Waals surface area contributed by atoms with Crippen LogP contribution in [0.15, 0.2) is 29.3 Å². The smallest absolute Gasteiger partial charge is 0.270 e. The van der Waals surface area contributed by atoms with Crippen molar-refractivity contribution in [2.24, 2.45) is 5.92 Å². The number of amides is 1. The summed E-state index contributed by atoms with van der Waals surface area (Å²) in [4.78, 5) is 31.3. The Labute approximate surface area is 144 Å². The molecule has 0 bridgehead atoms. The van der Waals surface area contributed by atoms with Gasteiger partial charge in [0, 0.05) is 24.9 Å². The molecule has 0 radical (unpaired) electrons. The molecule has 132 valence electrons. The molecule has 2 aromatic heterocycles. The zero-order chi connectivity index (χ0) is 17.7. The van der Waals surface area contributed by atoms with Crippen molar-refractivity contribution >= 4 is 11.6 Å². The normalized spacial score (nSPS) is 28.0. The Morgan fingerprint density at radius 3 is 3.04 bits per heavy atom. The first kappa shape index (κ1) is 16.0. The number of nitrogens with zero attached hydrogens (tertiary/aromatic N) is 3. The summed E-state index contributed by atoms with van der Waals surface area (Å²) in [5.74, 6) is -0.279. The third-order valence-electron chi connectivity index (χ3n) is 5.20. The molecule has 25 heavy (non-hydrogen) atoms. The molecular weight excluding hydrogens is 324 g/mol. The predicted octanol–water partition coefficient (Wildman–Crippen LogP) is -0.153. The number of rotatable bonds is 3. The third kappa shape index (κ3) is 2.40. The van der Waals surface area contributed by atoms with Crippen molar-refractivity contribution in [3.05, 3.63) is 40.4 Å². The standard InChI is InChI=1S/C17H20N4O4/c1-20(2)13-12(9-5-7-25-14(9)13)19-16(23)10-8-18-15-11(22)4-3-6-21(15)17(10)24/h3-4,6,8-9,12-14,22H,5,7H2,1-2H3,(H,19,23)/t9-,12+,13-,14-/m1/s1. The van der Waals surface area contributed by atoms with Crippen LogP contribution < -0.4 is 10.9 Å². The number of carbonyl (C=O) groups excluding carboxylic acids is 1. The van der Waals surface area contributed by atoms with E-state index in [-0.39, 0.29) is 41.1 Å². The lowest BCUT2D eigenvalue weighted by Gasteiger charge is -2.50. The van der Waals surface area contributed by atoms with E-state index in [1.165, 1.54) is 28.9 Å². The van der Waals surface area contributed by atoms with Gasteiger partial charge in [-0.3, -0.25) is 14.0 Å². The van der Waals surface area contributed by atoms with Gasteiger partial charge in [0.25, 0.3) is 11.5 Å². The Bertz CT molecular complexity index is 894. The summed E-state index contributed by atoms with van der Waals surface area (Å²) < 4.78 is 6.92. The molecule has 8 heteroatoms. The van der Waals surface area contributed by atoms with Crippen LogP contribution in [0, 0.1) is 5.92 Å². The first-order valence-corrected chi connectivity index (χ1v) is 8.27. The maximum Gasteiger partial charge on any atom is 0.270 e. The number of fused-ring (bicyclic) bond motifs is 2. The van der Waals surface area contributed by atoms with Crippen molar-refractivity contribution in [2.75, 3.05) is 20.7 Å². The Balaban J connectivity index is 1.62. The maximum atomic E-state index is 12.7. The molecule has 2 fully saturated rings. The van der Waals surface area contributed by atoms with Crippen molar-refractivity contribution in [1.82, 2.24) is 19.6 Å². The molecule has 0 spiro atoms. The second kappa shape index (κ2) is 5.82. The minimum absolute atomic E-state index is 0.0389. The lowest BCUT2D eigenvalue weighted by atomic mass is 9.71. The zero-order valence-corrected chi connectivity index (χ0v) is 14.0. The molecule has 1 amide bonds. The second-order valence-electron chi connectivity index (χ2n) is 6.81. The van der Waals surface area contributed by atoms with Gasteiger partial charge >= 0.3 is 0 Å². The molecule has 2 aromatic rings. The fourth-order valence-corrected chi connectivity index (χ4v) is 3.96. The van der Waals surface area contributed by atoms with Crippen LogP contribution >= 0.6 is 0 Å². The highest BCUT2D eigenvalue weighted by molar-refractivity contribution is 5.94. The number of nitrogens with one attached hydrogen (secondary N) is 1. The van der Waals surface area contributed by atoms with Gasteiger partial charge in [-0.2, -0.15) is 0 Å². The number of hydrogen-bond acceptors (Lipinski definition) is 6. The predicted molar refractivity (Wildman–Crippen MR) is 89.7 cm³/mol. The van der Waals surface area contributed by atoms with Crippen molar-refractivity contribution in [2.45, 2.75) is 24.6 Å². The summed E-state index contributed by atoms with van der Waals surface area (Å²) in [6, 6.07) is 3.01. The summed E-state index contributed by atoms with van der Waals surface area (Å²) >= 11 is 0. The Morgan fingerprint density at radius 1 is 1.48 bits per heavy atom. The van der Waals surface area contributed by atoms with Crippen LogP contribution in [0.5, 0.6) is 5.75 Å². The quantitative estimate of drug-likeness (QED) is 0.804. The highest BCUT2D eigenvalue weighted by Crippen LogP contribution is 2.41. The summed E-state index contributed by atoms with van der Waals surface area (Å²) in [6.07, 6.45) is 3.74. The number of carbonyl (C=O) groups is 1. The van der Waals surface area contributed by atoms with Crippen LogP contribution in [0.3, 0.4) is 0 Å². The minimum atomic E-state index is -0.502. The monoisotopic (exact) mass is 344 g/mol. The molecule has 0 unspecified atom stereocenters. The minimum Gasteiger partial charge on any atom is -0.504 e. The van der Waals surface area contributed by atoms with Gasteiger partial charge in [-0.25, -0.2) is 4.98 Å². The Morgan fingerprint density at radius 2 is 2.28 bits per heavy atom. The molecule has 0 aromatic carbocycles. The summed E-state index contributed by atoms with van der Waals surface area (Å²) in [5.41, 5.74) is -0.413. The molecule has 2 N–H and O–H groups in total. The van der Waals surface area contributed by atoms with Crippen LogP contribution in [0.4, 0.5) is 0 Å². The fraction of sp³-hybridized carbons (Fsp3) is 0.471. The number of ether oxygens (including phenoxy) is 1. The van der Waals surface area contributed by atoms with E-state index >= 15 is 0 Å². The van der Waals surface area contributed by atoms with Gasteiger partial charge in [0.05, 0.1) is 18.2 Å². The van der Waals surface area contributed by atoms with E-state index in [9.17, 15) is 14.7 Å². The van der Waals surface area contributed by atoms with E-state index in [1.54, 1.807) is 0 Å². The van der Waals surface area contributed by atoms with Crippen LogP contribution in [0.1, 0.15) is 16.8 Å². The topological polar surface area (TPSA) is 96.2 Å². The molecule has 1 saturated carbocycles. The summed E-state index contributed by atoms with van der Waals surface area (Å²) in [7, 11) is 3.91. The van der Waals surface area contributed by atoms with Gasteiger partial charge in [-0.1, -0.05) is 0 Å². The van der Waals surface area contributed by atoms with Crippen molar-refractivity contribution in [3.8, 4) is 5.75 Å². The van der Waals surface area contributed by atoms with E-state index in [1.807, 2.05) is 19.0 Å². The van der Waals surface area contributed by atoms with Crippen molar-refractivity contribution < 1.29 is 14.6 Å². The number of pyridine rings is 1. The molecule has 2 aliphatic rings. The number of likely N-dealkylation sites (N-methyl/N-ethyl adjacent to an activating group) is 1. The second-order valence-corrected chi connectivity index (χ2v) is 6.81. The van der Waals surface area contributed by atoms with Gasteiger partial charge in [0.15, 0.2) is 11.4 Å². The average molecular weight is 344 g/mol. The van der Waals surface area contributed by atoms with Crippen molar-refractivity contribution in [1.29, 1.82) is 0 Å². The first-order chi connectivity index (χ1) is 12.0. The lowest BCUT2D eigenvalue weighted by molar-refractivity contribution is -0.0664. The molecule has 3 heterocycles. The van der Waals surface area contributed by atoms with Crippen LogP contribution in [0.2, 0.25) is 0 Å².